The third kappa shape index (κ3) is 5.47. The minimum Gasteiger partial charge on any atom is -0.491 e. The van der Waals surface area contributed by atoms with Gasteiger partial charge in [0.1, 0.15) is 34.7 Å². The maximum Gasteiger partial charge on any atom is 0.274 e. The Kier molecular flexibility index (Phi) is 6.01. The topological polar surface area (TPSA) is 76.1 Å². The number of carbonyl (C=O) groups excluding carboxylic acids is 1. The predicted molar refractivity (Wildman–Crippen MR) is 107 cm³/mol. The van der Waals surface area contributed by atoms with Crippen LogP contribution in [0.25, 0.3) is 0 Å². The number of hydrogen-bond donors (Lipinski definition) is 2. The molecule has 1 heterocycles. The molecule has 2 aromatic carbocycles. The molecule has 0 atom stereocenters. The van der Waals surface area contributed by atoms with E-state index in [0.717, 1.165) is 23.6 Å². The molecule has 3 rings (SSSR count). The third-order valence-corrected chi connectivity index (χ3v) is 3.75. The number of benzene rings is 2. The van der Waals surface area contributed by atoms with Crippen molar-refractivity contribution < 1.29 is 18.3 Å². The number of hydrogen-bond acceptors (Lipinski definition) is 5. The lowest BCUT2D eigenvalue weighted by molar-refractivity contribution is 0.102. The molecule has 3 aromatic rings. The second-order valence-electron chi connectivity index (χ2n) is 6.58. The van der Waals surface area contributed by atoms with Crippen molar-refractivity contribution in [2.75, 3.05) is 10.6 Å². The monoisotopic (exact) mass is 398 g/mol. The fourth-order valence-electron chi connectivity index (χ4n) is 2.56. The van der Waals surface area contributed by atoms with Gasteiger partial charge >= 0.3 is 0 Å². The number of ether oxygens (including phenoxy) is 1. The zero-order valence-electron chi connectivity index (χ0n) is 16.2. The Hall–Kier alpha value is -3.55. The number of carbonyl (C=O) groups is 1. The highest BCUT2D eigenvalue weighted by atomic mass is 19.1. The molecule has 150 valence electrons. The molecule has 0 aliphatic heterocycles. The van der Waals surface area contributed by atoms with Gasteiger partial charge in [0.2, 0.25) is 0 Å². The van der Waals surface area contributed by atoms with Gasteiger partial charge in [-0.15, -0.1) is 0 Å². The fourth-order valence-corrected chi connectivity index (χ4v) is 2.56. The summed E-state index contributed by atoms with van der Waals surface area (Å²) in [4.78, 5) is 20.8. The molecule has 0 aliphatic carbocycles. The highest BCUT2D eigenvalue weighted by Gasteiger charge is 2.14. The van der Waals surface area contributed by atoms with E-state index in [1.807, 2.05) is 38.1 Å². The van der Waals surface area contributed by atoms with Gasteiger partial charge < -0.3 is 15.4 Å². The largest absolute Gasteiger partial charge is 0.491 e. The third-order valence-electron chi connectivity index (χ3n) is 3.75. The molecule has 8 heteroatoms. The van der Waals surface area contributed by atoms with Crippen molar-refractivity contribution in [1.29, 1.82) is 0 Å². The summed E-state index contributed by atoms with van der Waals surface area (Å²) in [5, 5.41) is 5.48. The van der Waals surface area contributed by atoms with Crippen LogP contribution < -0.4 is 15.4 Å². The van der Waals surface area contributed by atoms with Crippen LogP contribution in [0.3, 0.4) is 0 Å². The van der Waals surface area contributed by atoms with Crippen LogP contribution >= 0.6 is 0 Å². The van der Waals surface area contributed by atoms with Crippen LogP contribution in [-0.4, -0.2) is 22.0 Å². The summed E-state index contributed by atoms with van der Waals surface area (Å²) >= 11 is 0. The summed E-state index contributed by atoms with van der Waals surface area (Å²) in [5.41, 5.74) is 0.654. The average Bonchev–Trinajstić information content (AvgIpc) is 2.64. The lowest BCUT2D eigenvalue weighted by atomic mass is 10.2. The van der Waals surface area contributed by atoms with Gasteiger partial charge in [-0.05, 0) is 57.2 Å². The van der Waals surface area contributed by atoms with Crippen molar-refractivity contribution in [3.63, 3.8) is 0 Å². The molecule has 0 spiro atoms. The quantitative estimate of drug-likeness (QED) is 0.621. The van der Waals surface area contributed by atoms with Gasteiger partial charge in [0, 0.05) is 17.8 Å². The van der Waals surface area contributed by atoms with Crippen LogP contribution in [0, 0.1) is 18.6 Å². The standard InChI is InChI=1S/C21H20F2N4O2/c1-12(2)29-16-7-5-15(6-8-16)26-20-11-19(24-13(3)25-20)21(28)27-18-9-4-14(22)10-17(18)23/h4-12H,1-3H3,(H,27,28)(H,24,25,26). The molecule has 2 N–H and O–H groups in total. The van der Waals surface area contributed by atoms with Gasteiger partial charge in [-0.3, -0.25) is 4.79 Å². The predicted octanol–water partition coefficient (Wildman–Crippen LogP) is 4.85. The van der Waals surface area contributed by atoms with E-state index in [2.05, 4.69) is 20.6 Å². The van der Waals surface area contributed by atoms with Gasteiger partial charge in [0.25, 0.3) is 5.91 Å². The van der Waals surface area contributed by atoms with Gasteiger partial charge in [0.05, 0.1) is 11.8 Å². The molecule has 0 aliphatic rings. The average molecular weight is 398 g/mol. The number of aryl methyl sites for hydroxylation is 1. The molecule has 0 bridgehead atoms. The van der Waals surface area contributed by atoms with E-state index in [-0.39, 0.29) is 17.5 Å². The lowest BCUT2D eigenvalue weighted by Crippen LogP contribution is -2.16. The number of nitrogens with zero attached hydrogens (tertiary/aromatic N) is 2. The maximum atomic E-state index is 13.8. The van der Waals surface area contributed by atoms with Crippen LogP contribution in [0.1, 0.15) is 30.2 Å². The van der Waals surface area contributed by atoms with Crippen molar-refractivity contribution in [2.45, 2.75) is 26.9 Å². The minimum absolute atomic E-state index is 0.0449. The van der Waals surface area contributed by atoms with Gasteiger partial charge in [0.15, 0.2) is 0 Å². The van der Waals surface area contributed by atoms with Crippen molar-refractivity contribution in [1.82, 2.24) is 9.97 Å². The number of halogens is 2. The van der Waals surface area contributed by atoms with Crippen LogP contribution in [0.2, 0.25) is 0 Å². The SMILES string of the molecule is Cc1nc(Nc2ccc(OC(C)C)cc2)cc(C(=O)Nc2ccc(F)cc2F)n1. The Morgan fingerprint density at radius 3 is 2.41 bits per heavy atom. The Bertz CT molecular complexity index is 1020. The number of anilines is 3. The van der Waals surface area contributed by atoms with E-state index in [1.165, 1.54) is 6.07 Å². The van der Waals surface area contributed by atoms with Crippen LogP contribution in [0.15, 0.2) is 48.5 Å². The highest BCUT2D eigenvalue weighted by Crippen LogP contribution is 2.21. The number of aromatic nitrogens is 2. The first-order valence-electron chi connectivity index (χ1n) is 8.96. The molecule has 0 fully saturated rings. The van der Waals surface area contributed by atoms with E-state index in [0.29, 0.717) is 17.7 Å². The molecular formula is C21H20F2N4O2. The van der Waals surface area contributed by atoms with E-state index in [4.69, 9.17) is 4.74 Å². The van der Waals surface area contributed by atoms with E-state index in [9.17, 15) is 13.6 Å². The van der Waals surface area contributed by atoms with Gasteiger partial charge in [-0.1, -0.05) is 0 Å². The highest BCUT2D eigenvalue weighted by molar-refractivity contribution is 6.03. The van der Waals surface area contributed by atoms with Crippen molar-refractivity contribution in [2.24, 2.45) is 0 Å². The zero-order chi connectivity index (χ0) is 21.0. The van der Waals surface area contributed by atoms with E-state index < -0.39 is 17.5 Å². The molecule has 1 amide bonds. The Balaban J connectivity index is 1.76. The molecule has 0 unspecified atom stereocenters. The van der Waals surface area contributed by atoms with Crippen molar-refractivity contribution in [3.8, 4) is 5.75 Å². The van der Waals surface area contributed by atoms with Gasteiger partial charge in [-0.25, -0.2) is 18.7 Å². The number of nitrogens with one attached hydrogen (secondary N) is 2. The Labute approximate surface area is 167 Å². The van der Waals surface area contributed by atoms with Crippen molar-refractivity contribution in [3.05, 3.63) is 71.7 Å². The summed E-state index contributed by atoms with van der Waals surface area (Å²) in [7, 11) is 0. The molecule has 0 saturated heterocycles. The second-order valence-corrected chi connectivity index (χ2v) is 6.58. The van der Waals surface area contributed by atoms with Crippen LogP contribution in [0.4, 0.5) is 26.0 Å². The van der Waals surface area contributed by atoms with Crippen molar-refractivity contribution >= 4 is 23.1 Å². The fraction of sp³-hybridized carbons (Fsp3) is 0.190. The minimum atomic E-state index is -0.869. The molecule has 0 saturated carbocycles. The van der Waals surface area contributed by atoms with Crippen LogP contribution in [0.5, 0.6) is 5.75 Å². The summed E-state index contributed by atoms with van der Waals surface area (Å²) in [6.45, 7) is 5.53. The zero-order valence-corrected chi connectivity index (χ0v) is 16.2. The number of rotatable bonds is 6. The first-order valence-corrected chi connectivity index (χ1v) is 8.96. The Morgan fingerprint density at radius 1 is 1.03 bits per heavy atom. The number of amides is 1. The summed E-state index contributed by atoms with van der Waals surface area (Å²) in [6.07, 6.45) is 0.0744. The Morgan fingerprint density at radius 2 is 1.76 bits per heavy atom. The molecule has 29 heavy (non-hydrogen) atoms. The molecule has 1 aromatic heterocycles. The molecule has 6 nitrogen and oxygen atoms in total. The van der Waals surface area contributed by atoms with E-state index in [1.54, 1.807) is 6.92 Å². The smallest absolute Gasteiger partial charge is 0.274 e. The first kappa shape index (κ1) is 20.2. The summed E-state index contributed by atoms with van der Waals surface area (Å²) in [5.74, 6) is -0.726. The molecule has 0 radical (unpaired) electrons. The second kappa shape index (κ2) is 8.64. The van der Waals surface area contributed by atoms with E-state index >= 15 is 0 Å². The maximum absolute atomic E-state index is 13.8. The normalized spacial score (nSPS) is 10.7. The molecular weight excluding hydrogens is 378 g/mol. The van der Waals surface area contributed by atoms with Gasteiger partial charge in [-0.2, -0.15) is 0 Å². The summed E-state index contributed by atoms with van der Waals surface area (Å²) in [6, 6.07) is 11.6. The van der Waals surface area contributed by atoms with Crippen LogP contribution in [-0.2, 0) is 0 Å². The lowest BCUT2D eigenvalue weighted by Gasteiger charge is -2.12. The first-order chi connectivity index (χ1) is 13.8. The summed E-state index contributed by atoms with van der Waals surface area (Å²) < 4.78 is 32.4.